The first-order valence-corrected chi connectivity index (χ1v) is 7.97. The zero-order chi connectivity index (χ0) is 16.4. The molecule has 0 aliphatic rings. The van der Waals surface area contributed by atoms with Gasteiger partial charge in [-0.3, -0.25) is 14.5 Å². The molecule has 0 aliphatic heterocycles. The van der Waals surface area contributed by atoms with Crippen molar-refractivity contribution in [3.05, 3.63) is 79.4 Å². The van der Waals surface area contributed by atoms with Gasteiger partial charge in [0, 0.05) is 41.6 Å². The standard InChI is InChI=1S/C19H14N4S/c24-19-22-17(14-6-4-10-20-12-14)18(15-7-5-11-21-13-15)23(19)16-8-2-1-3-9-16/h1-13H,(H,22,24). The maximum atomic E-state index is 4.69. The molecular formula is C19H14N4S. The lowest BCUT2D eigenvalue weighted by Crippen LogP contribution is -1.98. The molecule has 3 aromatic heterocycles. The Morgan fingerprint density at radius 1 is 0.750 bits per heavy atom. The highest BCUT2D eigenvalue weighted by molar-refractivity contribution is 7.80. The number of pyridine rings is 2. The lowest BCUT2D eigenvalue weighted by atomic mass is 10.1. The lowest BCUT2D eigenvalue weighted by molar-refractivity contribution is 0.906. The number of aromatic nitrogens is 4. The second-order valence-corrected chi connectivity index (χ2v) is 5.66. The number of hydrogen-bond acceptors (Lipinski definition) is 4. The van der Waals surface area contributed by atoms with E-state index in [0.717, 1.165) is 28.2 Å². The van der Waals surface area contributed by atoms with Gasteiger partial charge >= 0.3 is 0 Å². The molecule has 0 bridgehead atoms. The zero-order valence-electron chi connectivity index (χ0n) is 12.7. The number of para-hydroxylation sites is 1. The van der Waals surface area contributed by atoms with Gasteiger partial charge in [-0.1, -0.05) is 18.2 Å². The molecule has 0 saturated carbocycles. The van der Waals surface area contributed by atoms with Gasteiger partial charge in [0.05, 0.1) is 11.4 Å². The Labute approximate surface area is 145 Å². The summed E-state index contributed by atoms with van der Waals surface area (Å²) in [6.07, 6.45) is 7.16. The summed E-state index contributed by atoms with van der Waals surface area (Å²) < 4.78 is 2.03. The van der Waals surface area contributed by atoms with Gasteiger partial charge in [-0.05, 0) is 36.4 Å². The summed E-state index contributed by atoms with van der Waals surface area (Å²) in [5, 5.41) is 0.624. The Hall–Kier alpha value is -2.92. The second kappa shape index (κ2) is 6.29. The van der Waals surface area contributed by atoms with Crippen molar-refractivity contribution in [1.82, 2.24) is 19.5 Å². The van der Waals surface area contributed by atoms with Crippen LogP contribution in [-0.4, -0.2) is 19.5 Å². The minimum Gasteiger partial charge on any atom is -0.287 e. The van der Waals surface area contributed by atoms with Crippen LogP contribution in [0.25, 0.3) is 28.2 Å². The van der Waals surface area contributed by atoms with E-state index in [0.29, 0.717) is 5.16 Å². The van der Waals surface area contributed by atoms with Gasteiger partial charge < -0.3 is 0 Å². The van der Waals surface area contributed by atoms with E-state index < -0.39 is 0 Å². The Morgan fingerprint density at radius 3 is 2.04 bits per heavy atom. The number of rotatable bonds is 3. The van der Waals surface area contributed by atoms with E-state index in [1.165, 1.54) is 0 Å². The molecule has 116 valence electrons. The maximum Gasteiger partial charge on any atom is 0.170 e. The van der Waals surface area contributed by atoms with Crippen molar-refractivity contribution in [3.8, 4) is 28.2 Å². The van der Waals surface area contributed by atoms with Crippen molar-refractivity contribution >= 4 is 12.6 Å². The van der Waals surface area contributed by atoms with Crippen molar-refractivity contribution in [2.24, 2.45) is 0 Å². The van der Waals surface area contributed by atoms with Crippen molar-refractivity contribution in [2.75, 3.05) is 0 Å². The summed E-state index contributed by atoms with van der Waals surface area (Å²) in [6, 6.07) is 17.9. The van der Waals surface area contributed by atoms with E-state index >= 15 is 0 Å². The van der Waals surface area contributed by atoms with Crippen LogP contribution in [0.1, 0.15) is 0 Å². The molecule has 24 heavy (non-hydrogen) atoms. The molecule has 0 N–H and O–H groups in total. The third-order valence-corrected chi connectivity index (χ3v) is 4.04. The van der Waals surface area contributed by atoms with Crippen LogP contribution in [-0.2, 0) is 0 Å². The third kappa shape index (κ3) is 2.59. The predicted molar refractivity (Wildman–Crippen MR) is 97.3 cm³/mol. The monoisotopic (exact) mass is 330 g/mol. The molecule has 0 radical (unpaired) electrons. The van der Waals surface area contributed by atoms with Gasteiger partial charge in [-0.2, -0.15) is 0 Å². The summed E-state index contributed by atoms with van der Waals surface area (Å²) >= 11 is 4.61. The number of thiol groups is 1. The smallest absolute Gasteiger partial charge is 0.170 e. The highest BCUT2D eigenvalue weighted by Crippen LogP contribution is 2.35. The summed E-state index contributed by atoms with van der Waals surface area (Å²) in [7, 11) is 0. The van der Waals surface area contributed by atoms with E-state index in [2.05, 4.69) is 22.6 Å². The molecule has 0 amide bonds. The third-order valence-electron chi connectivity index (χ3n) is 3.74. The number of nitrogens with zero attached hydrogens (tertiary/aromatic N) is 4. The van der Waals surface area contributed by atoms with E-state index in [-0.39, 0.29) is 0 Å². The molecule has 0 aliphatic carbocycles. The summed E-state index contributed by atoms with van der Waals surface area (Å²) in [5.41, 5.74) is 4.72. The Bertz CT molecular complexity index is 951. The van der Waals surface area contributed by atoms with Crippen molar-refractivity contribution in [1.29, 1.82) is 0 Å². The molecule has 4 rings (SSSR count). The molecule has 0 atom stereocenters. The van der Waals surface area contributed by atoms with E-state index in [4.69, 9.17) is 4.98 Å². The van der Waals surface area contributed by atoms with Gasteiger partial charge in [0.2, 0.25) is 0 Å². The first kappa shape index (κ1) is 14.7. The van der Waals surface area contributed by atoms with Crippen molar-refractivity contribution in [3.63, 3.8) is 0 Å². The van der Waals surface area contributed by atoms with E-state index in [9.17, 15) is 0 Å². The number of imidazole rings is 1. The van der Waals surface area contributed by atoms with Gasteiger partial charge in [-0.15, -0.1) is 12.6 Å². The van der Waals surface area contributed by atoms with Gasteiger partial charge in [0.15, 0.2) is 5.16 Å². The Balaban J connectivity index is 2.03. The van der Waals surface area contributed by atoms with E-state index in [1.807, 2.05) is 71.6 Å². The molecule has 3 heterocycles. The van der Waals surface area contributed by atoms with Crippen LogP contribution in [0.2, 0.25) is 0 Å². The minimum absolute atomic E-state index is 0.624. The molecule has 0 spiro atoms. The molecule has 4 aromatic rings. The van der Waals surface area contributed by atoms with Gasteiger partial charge in [-0.25, -0.2) is 4.98 Å². The van der Waals surface area contributed by atoms with Crippen LogP contribution in [0.4, 0.5) is 0 Å². The molecule has 0 fully saturated rings. The predicted octanol–water partition coefficient (Wildman–Crippen LogP) is 4.29. The zero-order valence-corrected chi connectivity index (χ0v) is 13.6. The molecule has 0 unspecified atom stereocenters. The van der Waals surface area contributed by atoms with Gasteiger partial charge in [0.1, 0.15) is 0 Å². The summed E-state index contributed by atoms with van der Waals surface area (Å²) in [5.74, 6) is 0. The normalized spacial score (nSPS) is 10.7. The molecular weight excluding hydrogens is 316 g/mol. The van der Waals surface area contributed by atoms with Crippen LogP contribution < -0.4 is 0 Å². The Kier molecular flexibility index (Phi) is 3.84. The van der Waals surface area contributed by atoms with Crippen LogP contribution >= 0.6 is 12.6 Å². The van der Waals surface area contributed by atoms with Crippen molar-refractivity contribution < 1.29 is 0 Å². The first-order chi connectivity index (χ1) is 11.8. The fourth-order valence-electron chi connectivity index (χ4n) is 2.70. The van der Waals surface area contributed by atoms with Crippen LogP contribution in [0.15, 0.2) is 84.5 Å². The average molecular weight is 330 g/mol. The fourth-order valence-corrected chi connectivity index (χ4v) is 3.02. The van der Waals surface area contributed by atoms with Crippen LogP contribution in [0.5, 0.6) is 0 Å². The molecule has 1 aromatic carbocycles. The topological polar surface area (TPSA) is 43.6 Å². The molecule has 0 saturated heterocycles. The minimum atomic E-state index is 0.624. The van der Waals surface area contributed by atoms with E-state index in [1.54, 1.807) is 12.4 Å². The molecule has 5 heteroatoms. The molecule has 4 nitrogen and oxygen atoms in total. The largest absolute Gasteiger partial charge is 0.287 e. The highest BCUT2D eigenvalue weighted by atomic mass is 32.1. The summed E-state index contributed by atoms with van der Waals surface area (Å²) in [6.45, 7) is 0. The highest BCUT2D eigenvalue weighted by Gasteiger charge is 2.19. The summed E-state index contributed by atoms with van der Waals surface area (Å²) in [4.78, 5) is 13.2. The SMILES string of the molecule is Sc1nc(-c2cccnc2)c(-c2cccnc2)n1-c1ccccc1. The Morgan fingerprint density at radius 2 is 1.42 bits per heavy atom. The van der Waals surface area contributed by atoms with Gasteiger partial charge in [0.25, 0.3) is 0 Å². The lowest BCUT2D eigenvalue weighted by Gasteiger charge is -2.11. The van der Waals surface area contributed by atoms with Crippen LogP contribution in [0, 0.1) is 0 Å². The fraction of sp³-hybridized carbons (Fsp3) is 0. The number of benzene rings is 1. The maximum absolute atomic E-state index is 4.69. The quantitative estimate of drug-likeness (QED) is 0.570. The first-order valence-electron chi connectivity index (χ1n) is 7.52. The number of hydrogen-bond donors (Lipinski definition) is 1. The second-order valence-electron chi connectivity index (χ2n) is 5.26. The van der Waals surface area contributed by atoms with Crippen LogP contribution in [0.3, 0.4) is 0 Å². The average Bonchev–Trinajstić information content (AvgIpc) is 3.01. The van der Waals surface area contributed by atoms with Crippen molar-refractivity contribution in [2.45, 2.75) is 5.16 Å².